The number of pyridine rings is 1. The van der Waals surface area contributed by atoms with Crippen molar-refractivity contribution >= 4 is 5.69 Å². The lowest BCUT2D eigenvalue weighted by molar-refractivity contribution is 0.322. The Morgan fingerprint density at radius 1 is 1.64 bits per heavy atom. The van der Waals surface area contributed by atoms with Gasteiger partial charge in [-0.2, -0.15) is 0 Å². The van der Waals surface area contributed by atoms with E-state index in [1.807, 2.05) is 12.3 Å². The Morgan fingerprint density at radius 3 is 3.21 bits per heavy atom. The summed E-state index contributed by atoms with van der Waals surface area (Å²) in [4.78, 5) is 6.49. The molecule has 3 nitrogen and oxygen atoms in total. The van der Waals surface area contributed by atoms with Crippen LogP contribution in [0.5, 0.6) is 0 Å². The quantitative estimate of drug-likeness (QED) is 0.786. The van der Waals surface area contributed by atoms with Gasteiger partial charge >= 0.3 is 0 Å². The van der Waals surface area contributed by atoms with Gasteiger partial charge in [0.2, 0.25) is 0 Å². The molecular formula is C11H17N3. The largest absolute Gasteiger partial charge is 0.382 e. The molecule has 2 heterocycles. The SMILES string of the molecule is CN1CCCC1CNc1cccnc1. The third kappa shape index (κ3) is 2.23. The summed E-state index contributed by atoms with van der Waals surface area (Å²) in [6.07, 6.45) is 6.31. The van der Waals surface area contributed by atoms with E-state index in [9.17, 15) is 0 Å². The zero-order valence-corrected chi connectivity index (χ0v) is 8.61. The highest BCUT2D eigenvalue weighted by Gasteiger charge is 2.19. The van der Waals surface area contributed by atoms with Crippen LogP contribution in [-0.4, -0.2) is 36.1 Å². The summed E-state index contributed by atoms with van der Waals surface area (Å²) < 4.78 is 0. The minimum Gasteiger partial charge on any atom is -0.382 e. The summed E-state index contributed by atoms with van der Waals surface area (Å²) in [5.74, 6) is 0. The number of likely N-dealkylation sites (N-methyl/N-ethyl adjacent to an activating group) is 1. The monoisotopic (exact) mass is 191 g/mol. The lowest BCUT2D eigenvalue weighted by atomic mass is 10.2. The number of nitrogens with zero attached hydrogens (tertiary/aromatic N) is 2. The van der Waals surface area contributed by atoms with Crippen molar-refractivity contribution in [1.82, 2.24) is 9.88 Å². The summed E-state index contributed by atoms with van der Waals surface area (Å²) in [6.45, 7) is 2.27. The van der Waals surface area contributed by atoms with Crippen LogP contribution in [0, 0.1) is 0 Å². The summed E-state index contributed by atoms with van der Waals surface area (Å²) in [6, 6.07) is 4.71. The molecule has 1 aliphatic rings. The molecule has 1 saturated heterocycles. The molecule has 1 fully saturated rings. The van der Waals surface area contributed by atoms with Crippen LogP contribution in [0.1, 0.15) is 12.8 Å². The van der Waals surface area contributed by atoms with Crippen LogP contribution < -0.4 is 5.32 Å². The smallest absolute Gasteiger partial charge is 0.0527 e. The highest BCUT2D eigenvalue weighted by atomic mass is 15.2. The second-order valence-electron chi connectivity index (χ2n) is 3.90. The van der Waals surface area contributed by atoms with Gasteiger partial charge in [0.1, 0.15) is 0 Å². The Labute approximate surface area is 85.1 Å². The summed E-state index contributed by atoms with van der Waals surface area (Å²) in [5, 5.41) is 3.41. The van der Waals surface area contributed by atoms with Crippen molar-refractivity contribution < 1.29 is 0 Å². The third-order valence-electron chi connectivity index (χ3n) is 2.87. The van der Waals surface area contributed by atoms with E-state index >= 15 is 0 Å². The minimum absolute atomic E-state index is 0.690. The van der Waals surface area contributed by atoms with Crippen LogP contribution in [0.15, 0.2) is 24.5 Å². The van der Waals surface area contributed by atoms with E-state index in [0.717, 1.165) is 12.2 Å². The van der Waals surface area contributed by atoms with Crippen LogP contribution >= 0.6 is 0 Å². The molecule has 1 atom stereocenters. The lowest BCUT2D eigenvalue weighted by Gasteiger charge is -2.20. The number of rotatable bonds is 3. The maximum atomic E-state index is 4.07. The molecule has 1 aliphatic heterocycles. The lowest BCUT2D eigenvalue weighted by Crippen LogP contribution is -2.31. The van der Waals surface area contributed by atoms with Crippen LogP contribution in [0.4, 0.5) is 5.69 Å². The average molecular weight is 191 g/mol. The number of aromatic nitrogens is 1. The van der Waals surface area contributed by atoms with Gasteiger partial charge < -0.3 is 10.2 Å². The molecule has 1 aromatic rings. The van der Waals surface area contributed by atoms with Crippen molar-refractivity contribution in [3.05, 3.63) is 24.5 Å². The number of likely N-dealkylation sites (tertiary alicyclic amines) is 1. The van der Waals surface area contributed by atoms with Crippen molar-refractivity contribution in [2.75, 3.05) is 25.5 Å². The average Bonchev–Trinajstić information content (AvgIpc) is 2.63. The van der Waals surface area contributed by atoms with Gasteiger partial charge in [-0.15, -0.1) is 0 Å². The van der Waals surface area contributed by atoms with Gasteiger partial charge in [-0.25, -0.2) is 0 Å². The van der Waals surface area contributed by atoms with E-state index in [1.165, 1.54) is 19.4 Å². The second-order valence-corrected chi connectivity index (χ2v) is 3.90. The zero-order chi connectivity index (χ0) is 9.80. The fourth-order valence-corrected chi connectivity index (χ4v) is 1.94. The number of hydrogen-bond donors (Lipinski definition) is 1. The van der Waals surface area contributed by atoms with Gasteiger partial charge in [-0.05, 0) is 38.6 Å². The Balaban J connectivity index is 1.82. The van der Waals surface area contributed by atoms with Gasteiger partial charge in [0, 0.05) is 25.0 Å². The molecule has 0 aliphatic carbocycles. The molecule has 14 heavy (non-hydrogen) atoms. The molecule has 0 amide bonds. The van der Waals surface area contributed by atoms with Gasteiger partial charge in [0.25, 0.3) is 0 Å². The van der Waals surface area contributed by atoms with Crippen LogP contribution in [-0.2, 0) is 0 Å². The van der Waals surface area contributed by atoms with Crippen LogP contribution in [0.3, 0.4) is 0 Å². The molecule has 0 radical (unpaired) electrons. The van der Waals surface area contributed by atoms with Crippen LogP contribution in [0.25, 0.3) is 0 Å². The molecule has 0 saturated carbocycles. The highest BCUT2D eigenvalue weighted by molar-refractivity contribution is 5.39. The van der Waals surface area contributed by atoms with Crippen molar-refractivity contribution in [3.8, 4) is 0 Å². The summed E-state index contributed by atoms with van der Waals surface area (Å²) in [5.41, 5.74) is 1.12. The Bertz CT molecular complexity index is 273. The molecule has 1 N–H and O–H groups in total. The van der Waals surface area contributed by atoms with Crippen molar-refractivity contribution in [2.45, 2.75) is 18.9 Å². The molecule has 76 valence electrons. The first kappa shape index (κ1) is 9.46. The molecule has 0 spiro atoms. The number of hydrogen-bond acceptors (Lipinski definition) is 3. The Hall–Kier alpha value is -1.09. The first-order valence-electron chi connectivity index (χ1n) is 5.20. The van der Waals surface area contributed by atoms with E-state index in [0.29, 0.717) is 6.04 Å². The van der Waals surface area contributed by atoms with Gasteiger partial charge in [-0.3, -0.25) is 4.98 Å². The maximum absolute atomic E-state index is 4.07. The van der Waals surface area contributed by atoms with Crippen molar-refractivity contribution in [2.24, 2.45) is 0 Å². The molecule has 1 unspecified atom stereocenters. The van der Waals surface area contributed by atoms with E-state index < -0.39 is 0 Å². The maximum Gasteiger partial charge on any atom is 0.0527 e. The predicted octanol–water partition coefficient (Wildman–Crippen LogP) is 1.59. The normalized spacial score (nSPS) is 22.5. The molecule has 1 aromatic heterocycles. The molecular weight excluding hydrogens is 174 g/mol. The Morgan fingerprint density at radius 2 is 2.57 bits per heavy atom. The highest BCUT2D eigenvalue weighted by Crippen LogP contribution is 2.15. The second kappa shape index (κ2) is 4.42. The molecule has 0 bridgehead atoms. The standard InChI is InChI=1S/C11H17N3/c1-14-7-3-5-11(14)9-13-10-4-2-6-12-8-10/h2,4,6,8,11,13H,3,5,7,9H2,1H3. The van der Waals surface area contributed by atoms with Gasteiger partial charge in [0.05, 0.1) is 5.69 Å². The summed E-state index contributed by atoms with van der Waals surface area (Å²) in [7, 11) is 2.20. The van der Waals surface area contributed by atoms with Gasteiger partial charge in [-0.1, -0.05) is 0 Å². The topological polar surface area (TPSA) is 28.2 Å². The van der Waals surface area contributed by atoms with E-state index in [-0.39, 0.29) is 0 Å². The predicted molar refractivity (Wildman–Crippen MR) is 58.4 cm³/mol. The molecule has 2 rings (SSSR count). The molecule has 3 heteroatoms. The number of nitrogens with one attached hydrogen (secondary N) is 1. The molecule has 0 aromatic carbocycles. The number of anilines is 1. The van der Waals surface area contributed by atoms with Crippen molar-refractivity contribution in [1.29, 1.82) is 0 Å². The third-order valence-corrected chi connectivity index (χ3v) is 2.87. The fourth-order valence-electron chi connectivity index (χ4n) is 1.94. The minimum atomic E-state index is 0.690. The van der Waals surface area contributed by atoms with E-state index in [1.54, 1.807) is 6.20 Å². The Kier molecular flexibility index (Phi) is 2.99. The first-order chi connectivity index (χ1) is 6.86. The van der Waals surface area contributed by atoms with Crippen molar-refractivity contribution in [3.63, 3.8) is 0 Å². The van der Waals surface area contributed by atoms with E-state index in [4.69, 9.17) is 0 Å². The van der Waals surface area contributed by atoms with E-state index in [2.05, 4.69) is 28.3 Å². The summed E-state index contributed by atoms with van der Waals surface area (Å²) >= 11 is 0. The first-order valence-corrected chi connectivity index (χ1v) is 5.20. The van der Waals surface area contributed by atoms with Gasteiger partial charge in [0.15, 0.2) is 0 Å². The zero-order valence-electron chi connectivity index (χ0n) is 8.61. The fraction of sp³-hybridized carbons (Fsp3) is 0.545. The van der Waals surface area contributed by atoms with Crippen LogP contribution in [0.2, 0.25) is 0 Å².